The summed E-state index contributed by atoms with van der Waals surface area (Å²) < 4.78 is 7.00. The lowest BCUT2D eigenvalue weighted by Crippen LogP contribution is -2.17. The number of hydrogen-bond acceptors (Lipinski definition) is 5. The Balaban J connectivity index is 2.12. The maximum Gasteiger partial charge on any atom is 0.311 e. The average Bonchev–Trinajstić information content (AvgIpc) is 3.10. The van der Waals surface area contributed by atoms with Gasteiger partial charge in [0, 0.05) is 23.1 Å². The molecule has 1 heterocycles. The molecule has 2 aromatic carbocycles. The number of nitro groups is 1. The minimum absolute atomic E-state index is 0.103. The number of aryl methyl sites for hydroxylation is 1. The van der Waals surface area contributed by atoms with Gasteiger partial charge in [0.05, 0.1) is 17.7 Å². The average molecular weight is 411 g/mol. The molecular weight excluding hydrogens is 390 g/mol. The van der Waals surface area contributed by atoms with Crippen LogP contribution in [0.3, 0.4) is 0 Å². The maximum absolute atomic E-state index is 12.8. The van der Waals surface area contributed by atoms with Gasteiger partial charge in [-0.25, -0.2) is 0 Å². The molecule has 1 amide bonds. The summed E-state index contributed by atoms with van der Waals surface area (Å²) in [5, 5.41) is 11.2. The molecule has 0 saturated carbocycles. The number of carbonyl (C=O) groups is 1. The monoisotopic (exact) mass is 411 g/mol. The molecule has 8 heteroatoms. The van der Waals surface area contributed by atoms with Crippen LogP contribution in [0.15, 0.2) is 53.5 Å². The van der Waals surface area contributed by atoms with E-state index in [9.17, 15) is 14.9 Å². The molecular formula is C21H21N3O4S. The summed E-state index contributed by atoms with van der Waals surface area (Å²) in [6, 6.07) is 14.1. The molecule has 150 valence electrons. The number of methoxy groups -OCH3 is 1. The first-order valence-electron chi connectivity index (χ1n) is 9.19. The number of nitro benzene ring substituents is 1. The van der Waals surface area contributed by atoms with Crippen LogP contribution >= 0.6 is 11.3 Å². The van der Waals surface area contributed by atoms with E-state index >= 15 is 0 Å². The fourth-order valence-electron chi connectivity index (χ4n) is 3.11. The van der Waals surface area contributed by atoms with Gasteiger partial charge in [0.2, 0.25) is 0 Å². The largest absolute Gasteiger partial charge is 0.490 e. The van der Waals surface area contributed by atoms with E-state index < -0.39 is 10.8 Å². The first kappa shape index (κ1) is 20.5. The van der Waals surface area contributed by atoms with Crippen molar-refractivity contribution in [3.05, 3.63) is 73.9 Å². The number of rotatable bonds is 6. The Hall–Kier alpha value is -3.26. The van der Waals surface area contributed by atoms with Crippen molar-refractivity contribution in [2.75, 3.05) is 7.11 Å². The highest BCUT2D eigenvalue weighted by atomic mass is 32.1. The van der Waals surface area contributed by atoms with E-state index in [1.54, 1.807) is 0 Å². The highest BCUT2D eigenvalue weighted by Gasteiger charge is 2.19. The summed E-state index contributed by atoms with van der Waals surface area (Å²) in [6.45, 7) is 4.71. The van der Waals surface area contributed by atoms with E-state index in [4.69, 9.17) is 4.74 Å². The van der Waals surface area contributed by atoms with Crippen LogP contribution in [0.2, 0.25) is 0 Å². The highest BCUT2D eigenvalue weighted by molar-refractivity contribution is 7.09. The molecule has 3 aromatic rings. The van der Waals surface area contributed by atoms with Crippen LogP contribution in [0.1, 0.15) is 29.1 Å². The first-order chi connectivity index (χ1) is 14.0. The first-order valence-corrected chi connectivity index (χ1v) is 10.0. The van der Waals surface area contributed by atoms with Crippen molar-refractivity contribution in [1.29, 1.82) is 0 Å². The number of ether oxygens (including phenoxy) is 1. The minimum Gasteiger partial charge on any atom is -0.490 e. The zero-order valence-corrected chi connectivity index (χ0v) is 17.2. The van der Waals surface area contributed by atoms with Gasteiger partial charge in [-0.05, 0) is 31.0 Å². The second kappa shape index (κ2) is 8.83. The van der Waals surface area contributed by atoms with Crippen molar-refractivity contribution in [3.8, 4) is 17.0 Å². The lowest BCUT2D eigenvalue weighted by atomic mass is 10.1. The van der Waals surface area contributed by atoms with Crippen molar-refractivity contribution in [2.24, 2.45) is 4.99 Å². The maximum atomic E-state index is 12.8. The fourth-order valence-corrected chi connectivity index (χ4v) is 4.25. The predicted octanol–water partition coefficient (Wildman–Crippen LogP) is 4.46. The van der Waals surface area contributed by atoms with E-state index in [0.29, 0.717) is 11.3 Å². The van der Waals surface area contributed by atoms with Gasteiger partial charge < -0.3 is 9.30 Å². The summed E-state index contributed by atoms with van der Waals surface area (Å²) in [6.07, 6.45) is 0.812. The van der Waals surface area contributed by atoms with E-state index in [0.717, 1.165) is 22.6 Å². The van der Waals surface area contributed by atoms with E-state index in [1.807, 2.05) is 41.8 Å². The second-order valence-electron chi connectivity index (χ2n) is 6.18. The molecule has 0 saturated heterocycles. The third-order valence-corrected chi connectivity index (χ3v) is 5.71. The Morgan fingerprint density at radius 1 is 1.21 bits per heavy atom. The van der Waals surface area contributed by atoms with Crippen LogP contribution in [0.4, 0.5) is 5.69 Å². The molecule has 1 aromatic heterocycles. The molecule has 3 rings (SSSR count). The van der Waals surface area contributed by atoms with Gasteiger partial charge in [0.1, 0.15) is 0 Å². The summed E-state index contributed by atoms with van der Waals surface area (Å²) in [5.74, 6) is -0.424. The molecule has 29 heavy (non-hydrogen) atoms. The van der Waals surface area contributed by atoms with Crippen molar-refractivity contribution < 1.29 is 14.5 Å². The van der Waals surface area contributed by atoms with E-state index in [2.05, 4.69) is 11.9 Å². The molecule has 0 radical (unpaired) electrons. The molecule has 0 aliphatic heterocycles. The molecule has 7 nitrogen and oxygen atoms in total. The molecule has 0 aliphatic rings. The van der Waals surface area contributed by atoms with Crippen molar-refractivity contribution in [1.82, 2.24) is 4.57 Å². The number of aromatic nitrogens is 1. The van der Waals surface area contributed by atoms with Crippen LogP contribution in [-0.4, -0.2) is 22.5 Å². The molecule has 0 atom stereocenters. The highest BCUT2D eigenvalue weighted by Crippen LogP contribution is 2.28. The summed E-state index contributed by atoms with van der Waals surface area (Å²) >= 11 is 1.46. The number of carbonyl (C=O) groups excluding carboxylic acids is 1. The van der Waals surface area contributed by atoms with Gasteiger partial charge >= 0.3 is 5.69 Å². The molecule has 0 N–H and O–H groups in total. The number of hydrogen-bond donors (Lipinski definition) is 0. The number of benzene rings is 2. The van der Waals surface area contributed by atoms with E-state index in [1.165, 1.54) is 36.6 Å². The second-order valence-corrected chi connectivity index (χ2v) is 7.24. The Labute approximate surface area is 172 Å². The summed E-state index contributed by atoms with van der Waals surface area (Å²) in [7, 11) is 1.35. The standard InChI is InChI=1S/C21H21N3O4S/c1-4-18-19(14-9-7-6-8-10-14)23(5-2)21(29-18)22-20(25)15-11-12-17(28-3)16(13-15)24(26)27/h6-13H,4-5H2,1-3H3. The lowest BCUT2D eigenvalue weighted by molar-refractivity contribution is -0.385. The van der Waals surface area contributed by atoms with Gasteiger partial charge in [-0.3, -0.25) is 14.9 Å². The van der Waals surface area contributed by atoms with Crippen molar-refractivity contribution in [3.63, 3.8) is 0 Å². The van der Waals surface area contributed by atoms with Gasteiger partial charge in [0.15, 0.2) is 10.6 Å². The normalized spacial score (nSPS) is 11.5. The van der Waals surface area contributed by atoms with Crippen LogP contribution in [0, 0.1) is 10.1 Å². The van der Waals surface area contributed by atoms with Gasteiger partial charge in [-0.2, -0.15) is 4.99 Å². The zero-order chi connectivity index (χ0) is 21.0. The van der Waals surface area contributed by atoms with Crippen LogP contribution in [-0.2, 0) is 13.0 Å². The predicted molar refractivity (Wildman–Crippen MR) is 112 cm³/mol. The minimum atomic E-state index is -0.574. The van der Waals surface area contributed by atoms with Crippen molar-refractivity contribution in [2.45, 2.75) is 26.8 Å². The van der Waals surface area contributed by atoms with E-state index in [-0.39, 0.29) is 17.0 Å². The Kier molecular flexibility index (Phi) is 6.23. The number of nitrogens with zero attached hydrogens (tertiary/aromatic N) is 3. The van der Waals surface area contributed by atoms with Crippen LogP contribution in [0.5, 0.6) is 5.75 Å². The molecule has 0 fully saturated rings. The Bertz CT molecular complexity index is 1120. The Morgan fingerprint density at radius 2 is 1.93 bits per heavy atom. The van der Waals surface area contributed by atoms with Gasteiger partial charge in [-0.15, -0.1) is 11.3 Å². The Morgan fingerprint density at radius 3 is 2.52 bits per heavy atom. The molecule has 0 unspecified atom stereocenters. The number of thiazole rings is 1. The molecule has 0 spiro atoms. The topological polar surface area (TPSA) is 86.7 Å². The third-order valence-electron chi connectivity index (χ3n) is 4.48. The quantitative estimate of drug-likeness (QED) is 0.443. The van der Waals surface area contributed by atoms with Gasteiger partial charge in [-0.1, -0.05) is 37.3 Å². The van der Waals surface area contributed by atoms with Gasteiger partial charge in [0.25, 0.3) is 5.91 Å². The lowest BCUT2D eigenvalue weighted by Gasteiger charge is -2.08. The summed E-state index contributed by atoms with van der Waals surface area (Å²) in [5.41, 5.74) is 2.00. The zero-order valence-electron chi connectivity index (χ0n) is 16.4. The SMILES string of the molecule is CCc1sc(=NC(=O)c2ccc(OC)c([N+](=O)[O-])c2)n(CC)c1-c1ccccc1. The van der Waals surface area contributed by atoms with Crippen LogP contribution in [0.25, 0.3) is 11.3 Å². The number of amides is 1. The van der Waals surface area contributed by atoms with Crippen LogP contribution < -0.4 is 9.54 Å². The smallest absolute Gasteiger partial charge is 0.311 e. The molecule has 0 aliphatic carbocycles. The molecule has 0 bridgehead atoms. The summed E-state index contributed by atoms with van der Waals surface area (Å²) in [4.78, 5) is 29.4. The fraction of sp³-hybridized carbons (Fsp3) is 0.238. The third kappa shape index (κ3) is 4.12. The van der Waals surface area contributed by atoms with Crippen molar-refractivity contribution >= 4 is 22.9 Å².